The first-order valence-corrected chi connectivity index (χ1v) is 6.11. The molecule has 100 valence electrons. The Kier molecular flexibility index (Phi) is 4.02. The van der Waals surface area contributed by atoms with Crippen LogP contribution in [-0.4, -0.2) is 24.2 Å². The fraction of sp³-hybridized carbons (Fsp3) is 0.267. The first-order chi connectivity index (χ1) is 9.15. The average Bonchev–Trinajstić information content (AvgIpc) is 2.45. The van der Waals surface area contributed by atoms with Gasteiger partial charge in [-0.15, -0.1) is 0 Å². The lowest BCUT2D eigenvalue weighted by atomic mass is 10.2. The number of anilines is 2. The number of aliphatic hydroxyl groups is 1. The molecule has 1 heterocycles. The van der Waals surface area contributed by atoms with E-state index in [4.69, 9.17) is 4.74 Å². The molecule has 0 atom stereocenters. The summed E-state index contributed by atoms with van der Waals surface area (Å²) in [6, 6.07) is 11.5. The van der Waals surface area contributed by atoms with E-state index in [1.54, 1.807) is 7.11 Å². The lowest BCUT2D eigenvalue weighted by molar-refractivity contribution is 0.281. The number of aromatic nitrogens is 1. The van der Waals surface area contributed by atoms with E-state index in [1.807, 2.05) is 55.3 Å². The summed E-state index contributed by atoms with van der Waals surface area (Å²) in [5.41, 5.74) is 2.67. The van der Waals surface area contributed by atoms with Crippen molar-refractivity contribution >= 4 is 11.5 Å². The molecular formula is C15H18N2O2. The van der Waals surface area contributed by atoms with Gasteiger partial charge in [0.25, 0.3) is 0 Å². The van der Waals surface area contributed by atoms with Gasteiger partial charge in [-0.05, 0) is 36.8 Å². The van der Waals surface area contributed by atoms with Crippen molar-refractivity contribution < 1.29 is 9.84 Å². The van der Waals surface area contributed by atoms with Gasteiger partial charge in [0.2, 0.25) is 0 Å². The lowest BCUT2D eigenvalue weighted by Gasteiger charge is -2.21. The van der Waals surface area contributed by atoms with Gasteiger partial charge in [-0.25, -0.2) is 4.98 Å². The molecule has 0 fully saturated rings. The highest BCUT2D eigenvalue weighted by atomic mass is 16.5. The van der Waals surface area contributed by atoms with E-state index < -0.39 is 0 Å². The number of aliphatic hydroxyl groups excluding tert-OH is 1. The van der Waals surface area contributed by atoms with E-state index in [-0.39, 0.29) is 6.61 Å². The minimum absolute atomic E-state index is 0.0100. The topological polar surface area (TPSA) is 45.6 Å². The van der Waals surface area contributed by atoms with Crippen molar-refractivity contribution in [1.82, 2.24) is 4.98 Å². The van der Waals surface area contributed by atoms with Crippen LogP contribution in [0, 0.1) is 6.92 Å². The molecule has 0 aliphatic heterocycles. The molecule has 0 bridgehead atoms. The van der Waals surface area contributed by atoms with Gasteiger partial charge in [-0.1, -0.05) is 12.1 Å². The van der Waals surface area contributed by atoms with Gasteiger partial charge in [-0.3, -0.25) is 0 Å². The van der Waals surface area contributed by atoms with Crippen molar-refractivity contribution in [3.8, 4) is 5.75 Å². The lowest BCUT2D eigenvalue weighted by Crippen LogP contribution is -2.13. The SMILES string of the molecule is COc1ccccc1N(C)c1cc(CO)cc(C)n1. The molecule has 0 radical (unpaired) electrons. The molecule has 1 N–H and O–H groups in total. The molecule has 1 aromatic heterocycles. The average molecular weight is 258 g/mol. The number of para-hydroxylation sites is 2. The van der Waals surface area contributed by atoms with Gasteiger partial charge >= 0.3 is 0 Å². The molecule has 1 aromatic carbocycles. The molecule has 0 spiro atoms. The molecule has 0 aliphatic rings. The van der Waals surface area contributed by atoms with E-state index in [0.29, 0.717) is 0 Å². The Morgan fingerprint density at radius 1 is 1.26 bits per heavy atom. The van der Waals surface area contributed by atoms with Crippen molar-refractivity contribution in [2.45, 2.75) is 13.5 Å². The monoisotopic (exact) mass is 258 g/mol. The summed E-state index contributed by atoms with van der Waals surface area (Å²) in [4.78, 5) is 6.44. The fourth-order valence-electron chi connectivity index (χ4n) is 2.01. The van der Waals surface area contributed by atoms with Gasteiger partial charge < -0.3 is 14.7 Å². The summed E-state index contributed by atoms with van der Waals surface area (Å²) in [7, 11) is 3.58. The smallest absolute Gasteiger partial charge is 0.142 e. The third kappa shape index (κ3) is 2.85. The van der Waals surface area contributed by atoms with E-state index in [0.717, 1.165) is 28.5 Å². The fourth-order valence-corrected chi connectivity index (χ4v) is 2.01. The van der Waals surface area contributed by atoms with Crippen LogP contribution in [0.15, 0.2) is 36.4 Å². The minimum atomic E-state index is 0.0100. The first-order valence-electron chi connectivity index (χ1n) is 6.11. The van der Waals surface area contributed by atoms with Crippen LogP contribution >= 0.6 is 0 Å². The zero-order chi connectivity index (χ0) is 13.8. The predicted octanol–water partition coefficient (Wildman–Crippen LogP) is 2.66. The van der Waals surface area contributed by atoms with Gasteiger partial charge in [0.05, 0.1) is 19.4 Å². The maximum absolute atomic E-state index is 9.27. The number of nitrogens with zero attached hydrogens (tertiary/aromatic N) is 2. The number of hydrogen-bond donors (Lipinski definition) is 1. The number of hydrogen-bond acceptors (Lipinski definition) is 4. The molecule has 4 nitrogen and oxygen atoms in total. The Hall–Kier alpha value is -2.07. The van der Waals surface area contributed by atoms with Gasteiger partial charge in [0.15, 0.2) is 0 Å². The second-order valence-electron chi connectivity index (χ2n) is 4.36. The standard InChI is InChI=1S/C15H18N2O2/c1-11-8-12(10-18)9-15(16-11)17(2)13-6-4-5-7-14(13)19-3/h4-9,18H,10H2,1-3H3. The van der Waals surface area contributed by atoms with Crippen LogP contribution in [0.4, 0.5) is 11.5 Å². The third-order valence-corrected chi connectivity index (χ3v) is 2.97. The summed E-state index contributed by atoms with van der Waals surface area (Å²) in [6.45, 7) is 1.93. The largest absolute Gasteiger partial charge is 0.495 e. The predicted molar refractivity (Wildman–Crippen MR) is 76.0 cm³/mol. The molecule has 0 amide bonds. The summed E-state index contributed by atoms with van der Waals surface area (Å²) in [5.74, 6) is 1.58. The molecule has 0 saturated carbocycles. The third-order valence-electron chi connectivity index (χ3n) is 2.97. The number of methoxy groups -OCH3 is 1. The quantitative estimate of drug-likeness (QED) is 0.915. The van der Waals surface area contributed by atoms with Crippen molar-refractivity contribution in [3.05, 3.63) is 47.7 Å². The minimum Gasteiger partial charge on any atom is -0.495 e. The van der Waals surface area contributed by atoms with Crippen molar-refractivity contribution in [2.24, 2.45) is 0 Å². The summed E-state index contributed by atoms with van der Waals surface area (Å²) in [6.07, 6.45) is 0. The molecular weight excluding hydrogens is 240 g/mol. The highest BCUT2D eigenvalue weighted by Gasteiger charge is 2.11. The number of rotatable bonds is 4. The maximum Gasteiger partial charge on any atom is 0.142 e. The van der Waals surface area contributed by atoms with Crippen LogP contribution < -0.4 is 9.64 Å². The van der Waals surface area contributed by atoms with Crippen LogP contribution in [0.5, 0.6) is 5.75 Å². The Labute approximate surface area is 113 Å². The van der Waals surface area contributed by atoms with Crippen LogP contribution in [-0.2, 0) is 6.61 Å². The van der Waals surface area contributed by atoms with Gasteiger partial charge in [0.1, 0.15) is 11.6 Å². The van der Waals surface area contributed by atoms with Gasteiger partial charge in [-0.2, -0.15) is 0 Å². The molecule has 2 aromatic rings. The molecule has 0 saturated heterocycles. The Bertz CT molecular complexity index is 570. The number of ether oxygens (including phenoxy) is 1. The summed E-state index contributed by atoms with van der Waals surface area (Å²) < 4.78 is 5.36. The molecule has 0 unspecified atom stereocenters. The van der Waals surface area contributed by atoms with Crippen LogP contribution in [0.1, 0.15) is 11.3 Å². The molecule has 4 heteroatoms. The number of aryl methyl sites for hydroxylation is 1. The number of benzene rings is 1. The van der Waals surface area contributed by atoms with Crippen LogP contribution in [0.3, 0.4) is 0 Å². The Balaban J connectivity index is 2.43. The zero-order valence-corrected chi connectivity index (χ0v) is 11.4. The molecule has 19 heavy (non-hydrogen) atoms. The van der Waals surface area contributed by atoms with E-state index >= 15 is 0 Å². The first kappa shape index (κ1) is 13.4. The second kappa shape index (κ2) is 5.71. The zero-order valence-electron chi connectivity index (χ0n) is 11.4. The van der Waals surface area contributed by atoms with Crippen molar-refractivity contribution in [2.75, 3.05) is 19.1 Å². The van der Waals surface area contributed by atoms with E-state index in [9.17, 15) is 5.11 Å². The highest BCUT2D eigenvalue weighted by Crippen LogP contribution is 2.31. The van der Waals surface area contributed by atoms with Crippen LogP contribution in [0.2, 0.25) is 0 Å². The maximum atomic E-state index is 9.27. The van der Waals surface area contributed by atoms with Gasteiger partial charge in [0, 0.05) is 12.7 Å². The summed E-state index contributed by atoms with van der Waals surface area (Å²) in [5, 5.41) is 9.27. The van der Waals surface area contributed by atoms with E-state index in [2.05, 4.69) is 4.98 Å². The molecule has 0 aliphatic carbocycles. The normalized spacial score (nSPS) is 10.3. The Morgan fingerprint density at radius 2 is 2.00 bits per heavy atom. The number of pyridine rings is 1. The van der Waals surface area contributed by atoms with E-state index in [1.165, 1.54) is 0 Å². The van der Waals surface area contributed by atoms with Crippen LogP contribution in [0.25, 0.3) is 0 Å². The van der Waals surface area contributed by atoms with Crippen molar-refractivity contribution in [1.29, 1.82) is 0 Å². The second-order valence-corrected chi connectivity index (χ2v) is 4.36. The van der Waals surface area contributed by atoms with Crippen molar-refractivity contribution in [3.63, 3.8) is 0 Å². The Morgan fingerprint density at radius 3 is 2.68 bits per heavy atom. The molecule has 2 rings (SSSR count). The highest BCUT2D eigenvalue weighted by molar-refractivity contribution is 5.66. The summed E-state index contributed by atoms with van der Waals surface area (Å²) >= 11 is 0.